The van der Waals surface area contributed by atoms with E-state index in [0.717, 1.165) is 43.6 Å². The molecule has 6 heteroatoms. The van der Waals surface area contributed by atoms with Gasteiger partial charge in [0.05, 0.1) is 11.9 Å². The highest BCUT2D eigenvalue weighted by Crippen LogP contribution is 2.37. The summed E-state index contributed by atoms with van der Waals surface area (Å²) in [5, 5.41) is 2.97. The average molecular weight is 393 g/mol. The van der Waals surface area contributed by atoms with E-state index in [-0.39, 0.29) is 11.8 Å². The zero-order valence-corrected chi connectivity index (χ0v) is 17.2. The van der Waals surface area contributed by atoms with Crippen LogP contribution in [0.15, 0.2) is 30.6 Å². The SMILES string of the molecule is CCC(=O)NCCN1CCCc2c(-c3ccc4c(c3)CCC(=O)N4C)cncc21. The number of anilines is 2. The summed E-state index contributed by atoms with van der Waals surface area (Å²) < 4.78 is 0. The zero-order chi connectivity index (χ0) is 20.4. The first-order chi connectivity index (χ1) is 14.1. The van der Waals surface area contributed by atoms with E-state index in [1.54, 1.807) is 4.90 Å². The van der Waals surface area contributed by atoms with Crippen LogP contribution in [0.2, 0.25) is 0 Å². The zero-order valence-electron chi connectivity index (χ0n) is 17.2. The molecular formula is C23H28N4O2. The standard InChI is InChI=1S/C23H28N4O2/c1-3-22(28)25-10-12-27-11-4-5-18-19(14-24-15-21(18)27)16-6-8-20-17(13-16)7-9-23(29)26(20)2/h6,8,13-15H,3-5,7,9-12H2,1-2H3,(H,25,28). The third-order valence-corrected chi connectivity index (χ3v) is 5.99. The lowest BCUT2D eigenvalue weighted by atomic mass is 9.91. The normalized spacial score (nSPS) is 15.7. The largest absolute Gasteiger partial charge is 0.368 e. The van der Waals surface area contributed by atoms with Crippen LogP contribution in [0.3, 0.4) is 0 Å². The van der Waals surface area contributed by atoms with E-state index in [1.165, 1.54) is 22.4 Å². The lowest BCUT2D eigenvalue weighted by Gasteiger charge is -2.32. The molecule has 2 aromatic rings. The molecule has 0 atom stereocenters. The molecule has 0 spiro atoms. The van der Waals surface area contributed by atoms with Gasteiger partial charge < -0.3 is 15.1 Å². The maximum Gasteiger partial charge on any atom is 0.227 e. The molecule has 0 saturated heterocycles. The summed E-state index contributed by atoms with van der Waals surface area (Å²) in [4.78, 5) is 32.1. The smallest absolute Gasteiger partial charge is 0.227 e. The van der Waals surface area contributed by atoms with Gasteiger partial charge in [0, 0.05) is 57.0 Å². The van der Waals surface area contributed by atoms with Gasteiger partial charge >= 0.3 is 0 Å². The van der Waals surface area contributed by atoms with Crippen LogP contribution in [0.25, 0.3) is 11.1 Å². The average Bonchev–Trinajstić information content (AvgIpc) is 2.75. The fourth-order valence-corrected chi connectivity index (χ4v) is 4.34. The highest BCUT2D eigenvalue weighted by atomic mass is 16.2. The first kappa shape index (κ1) is 19.4. The maximum atomic E-state index is 12.0. The molecule has 0 fully saturated rings. The number of nitrogens with zero attached hydrogens (tertiary/aromatic N) is 3. The number of rotatable bonds is 5. The van der Waals surface area contributed by atoms with Crippen LogP contribution < -0.4 is 15.1 Å². The molecule has 0 aliphatic carbocycles. The number of hydrogen-bond acceptors (Lipinski definition) is 4. The number of fused-ring (bicyclic) bond motifs is 2. The fraction of sp³-hybridized carbons (Fsp3) is 0.435. The van der Waals surface area contributed by atoms with E-state index in [9.17, 15) is 9.59 Å². The number of carbonyl (C=O) groups excluding carboxylic acids is 2. The molecule has 2 aliphatic rings. The molecule has 152 valence electrons. The molecule has 1 N–H and O–H groups in total. The van der Waals surface area contributed by atoms with E-state index in [2.05, 4.69) is 33.4 Å². The van der Waals surface area contributed by atoms with Gasteiger partial charge in [-0.15, -0.1) is 0 Å². The van der Waals surface area contributed by atoms with Crippen LogP contribution in [-0.4, -0.2) is 43.5 Å². The van der Waals surface area contributed by atoms with Gasteiger partial charge in [-0.25, -0.2) is 0 Å². The predicted octanol–water partition coefficient (Wildman–Crippen LogP) is 2.94. The summed E-state index contributed by atoms with van der Waals surface area (Å²) in [5.41, 5.74) is 7.06. The number of aromatic nitrogens is 1. The first-order valence-corrected chi connectivity index (χ1v) is 10.5. The Morgan fingerprint density at radius 3 is 2.86 bits per heavy atom. The van der Waals surface area contributed by atoms with E-state index in [0.29, 0.717) is 19.4 Å². The molecule has 0 saturated carbocycles. The van der Waals surface area contributed by atoms with Crippen molar-refractivity contribution in [3.05, 3.63) is 41.7 Å². The molecule has 1 aromatic heterocycles. The molecule has 2 aliphatic heterocycles. The van der Waals surface area contributed by atoms with Crippen molar-refractivity contribution in [3.63, 3.8) is 0 Å². The minimum Gasteiger partial charge on any atom is -0.368 e. The predicted molar refractivity (Wildman–Crippen MR) is 115 cm³/mol. The van der Waals surface area contributed by atoms with Gasteiger partial charge in [-0.1, -0.05) is 13.0 Å². The Morgan fingerprint density at radius 1 is 1.17 bits per heavy atom. The van der Waals surface area contributed by atoms with Crippen molar-refractivity contribution in [2.75, 3.05) is 36.5 Å². The molecule has 2 amide bonds. The molecule has 3 heterocycles. The summed E-state index contributed by atoms with van der Waals surface area (Å²) in [6, 6.07) is 6.38. The van der Waals surface area contributed by atoms with Crippen LogP contribution in [0.1, 0.15) is 37.3 Å². The van der Waals surface area contributed by atoms with Gasteiger partial charge in [0.15, 0.2) is 0 Å². The van der Waals surface area contributed by atoms with Gasteiger partial charge in [-0.3, -0.25) is 14.6 Å². The van der Waals surface area contributed by atoms with Crippen molar-refractivity contribution in [1.29, 1.82) is 0 Å². The molecule has 29 heavy (non-hydrogen) atoms. The Morgan fingerprint density at radius 2 is 2.03 bits per heavy atom. The summed E-state index contributed by atoms with van der Waals surface area (Å²) >= 11 is 0. The molecule has 4 rings (SSSR count). The van der Waals surface area contributed by atoms with Crippen molar-refractivity contribution >= 4 is 23.2 Å². The quantitative estimate of drug-likeness (QED) is 0.850. The minimum absolute atomic E-state index is 0.0895. The van der Waals surface area contributed by atoms with Crippen molar-refractivity contribution in [3.8, 4) is 11.1 Å². The second kappa shape index (κ2) is 8.23. The Labute approximate surface area is 171 Å². The molecule has 1 aromatic carbocycles. The number of nitrogens with one attached hydrogen (secondary N) is 1. The van der Waals surface area contributed by atoms with E-state index >= 15 is 0 Å². The minimum atomic E-state index is 0.0895. The number of amides is 2. The number of pyridine rings is 1. The second-order valence-electron chi connectivity index (χ2n) is 7.78. The molecular weight excluding hydrogens is 364 g/mol. The highest BCUT2D eigenvalue weighted by molar-refractivity contribution is 5.96. The van der Waals surface area contributed by atoms with Crippen LogP contribution >= 0.6 is 0 Å². The van der Waals surface area contributed by atoms with Crippen LogP contribution in [0, 0.1) is 0 Å². The van der Waals surface area contributed by atoms with Gasteiger partial charge in [0.1, 0.15) is 0 Å². The topological polar surface area (TPSA) is 65.5 Å². The molecule has 0 radical (unpaired) electrons. The lowest BCUT2D eigenvalue weighted by Crippen LogP contribution is -2.37. The van der Waals surface area contributed by atoms with Crippen LogP contribution in [0.5, 0.6) is 0 Å². The summed E-state index contributed by atoms with van der Waals surface area (Å²) in [7, 11) is 1.85. The van der Waals surface area contributed by atoms with Crippen molar-refractivity contribution in [1.82, 2.24) is 10.3 Å². The summed E-state index contributed by atoms with van der Waals surface area (Å²) in [6.45, 7) is 4.29. The Kier molecular flexibility index (Phi) is 5.51. The number of carbonyl (C=O) groups is 2. The van der Waals surface area contributed by atoms with Gasteiger partial charge in [0.25, 0.3) is 0 Å². The Hall–Kier alpha value is -2.89. The molecule has 0 bridgehead atoms. The third-order valence-electron chi connectivity index (χ3n) is 5.99. The summed E-state index contributed by atoms with van der Waals surface area (Å²) in [6.07, 6.45) is 7.90. The third kappa shape index (κ3) is 3.84. The number of aryl methyl sites for hydroxylation is 1. The van der Waals surface area contributed by atoms with E-state index < -0.39 is 0 Å². The van der Waals surface area contributed by atoms with Crippen molar-refractivity contribution < 1.29 is 9.59 Å². The lowest BCUT2D eigenvalue weighted by molar-refractivity contribution is -0.120. The molecule has 0 unspecified atom stereocenters. The van der Waals surface area contributed by atoms with Gasteiger partial charge in [-0.2, -0.15) is 0 Å². The summed E-state index contributed by atoms with van der Waals surface area (Å²) in [5.74, 6) is 0.265. The van der Waals surface area contributed by atoms with Crippen LogP contribution in [0.4, 0.5) is 11.4 Å². The number of hydrogen-bond donors (Lipinski definition) is 1. The van der Waals surface area contributed by atoms with E-state index in [4.69, 9.17) is 0 Å². The first-order valence-electron chi connectivity index (χ1n) is 10.5. The van der Waals surface area contributed by atoms with E-state index in [1.807, 2.05) is 26.4 Å². The Bertz CT molecular complexity index is 940. The van der Waals surface area contributed by atoms with Gasteiger partial charge in [0.2, 0.25) is 11.8 Å². The van der Waals surface area contributed by atoms with Crippen molar-refractivity contribution in [2.45, 2.75) is 39.0 Å². The van der Waals surface area contributed by atoms with Gasteiger partial charge in [-0.05, 0) is 48.1 Å². The fourth-order valence-electron chi connectivity index (χ4n) is 4.34. The highest BCUT2D eigenvalue weighted by Gasteiger charge is 2.24. The van der Waals surface area contributed by atoms with Crippen LogP contribution in [-0.2, 0) is 22.4 Å². The number of benzene rings is 1. The second-order valence-corrected chi connectivity index (χ2v) is 7.78. The van der Waals surface area contributed by atoms with Crippen molar-refractivity contribution in [2.24, 2.45) is 0 Å². The monoisotopic (exact) mass is 392 g/mol. The Balaban J connectivity index is 1.61. The molecule has 6 nitrogen and oxygen atoms in total. The maximum absolute atomic E-state index is 12.0.